The molecule has 2 rings (SSSR count). The highest BCUT2D eigenvalue weighted by Crippen LogP contribution is 2.18. The highest BCUT2D eigenvalue weighted by atomic mass is 32.2. The second-order valence-electron chi connectivity index (χ2n) is 5.99. The van der Waals surface area contributed by atoms with Crippen LogP contribution in [0.1, 0.15) is 13.8 Å². The number of anilines is 1. The molecule has 1 aromatic carbocycles. The van der Waals surface area contributed by atoms with E-state index in [0.717, 1.165) is 4.57 Å². The molecule has 0 atom stereocenters. The molecule has 1 aromatic heterocycles. The average molecular weight is 421 g/mol. The first kappa shape index (κ1) is 22.3. The molecular formula is C19H23N3O6S. The van der Waals surface area contributed by atoms with E-state index >= 15 is 0 Å². The lowest BCUT2D eigenvalue weighted by atomic mass is 10.3. The van der Waals surface area contributed by atoms with Gasteiger partial charge < -0.3 is 14.6 Å². The van der Waals surface area contributed by atoms with Crippen molar-refractivity contribution in [1.29, 1.82) is 0 Å². The summed E-state index contributed by atoms with van der Waals surface area (Å²) < 4.78 is 32.2. The first-order chi connectivity index (χ1) is 13.8. The van der Waals surface area contributed by atoms with Gasteiger partial charge in [-0.25, -0.2) is 8.42 Å². The van der Waals surface area contributed by atoms with E-state index in [1.54, 1.807) is 26.0 Å². The molecule has 156 valence electrons. The van der Waals surface area contributed by atoms with Crippen LogP contribution in [0.3, 0.4) is 0 Å². The molecule has 1 N–H and O–H groups in total. The summed E-state index contributed by atoms with van der Waals surface area (Å²) in [6.45, 7) is 3.40. The van der Waals surface area contributed by atoms with Crippen molar-refractivity contribution in [3.63, 3.8) is 0 Å². The fourth-order valence-electron chi connectivity index (χ4n) is 2.54. The number of ether oxygens (including phenoxy) is 1. The Hall–Kier alpha value is -2.98. The number of aromatic nitrogens is 1. The van der Waals surface area contributed by atoms with Crippen LogP contribution in [0.25, 0.3) is 0 Å². The third-order valence-electron chi connectivity index (χ3n) is 4.04. The molecule has 29 heavy (non-hydrogen) atoms. The van der Waals surface area contributed by atoms with E-state index in [2.05, 4.69) is 5.32 Å². The predicted octanol–water partition coefficient (Wildman–Crippen LogP) is 1.06. The number of sulfonamides is 1. The quantitative estimate of drug-likeness (QED) is 0.606. The number of nitrogens with zero attached hydrogens (tertiary/aromatic N) is 2. The highest BCUT2D eigenvalue weighted by molar-refractivity contribution is 7.89. The maximum absolute atomic E-state index is 12.4. The van der Waals surface area contributed by atoms with Gasteiger partial charge in [-0.3, -0.25) is 14.4 Å². The van der Waals surface area contributed by atoms with Crippen molar-refractivity contribution in [2.24, 2.45) is 0 Å². The topological polar surface area (TPSA) is 115 Å². The molecule has 1 amide bonds. The molecule has 10 heteroatoms. The molecule has 0 saturated heterocycles. The minimum Gasteiger partial charge on any atom is -0.454 e. The Morgan fingerprint density at radius 1 is 1.07 bits per heavy atom. The maximum atomic E-state index is 12.4. The van der Waals surface area contributed by atoms with Gasteiger partial charge in [0, 0.05) is 31.0 Å². The number of nitrogens with one attached hydrogen (secondary N) is 1. The number of esters is 1. The second kappa shape index (κ2) is 9.99. The van der Waals surface area contributed by atoms with Crippen molar-refractivity contribution in [2.75, 3.05) is 25.0 Å². The van der Waals surface area contributed by atoms with Crippen molar-refractivity contribution in [3.05, 3.63) is 59.0 Å². The Morgan fingerprint density at radius 2 is 1.72 bits per heavy atom. The van der Waals surface area contributed by atoms with Crippen LogP contribution in [0.2, 0.25) is 0 Å². The summed E-state index contributed by atoms with van der Waals surface area (Å²) in [4.78, 5) is 35.4. The number of benzene rings is 1. The van der Waals surface area contributed by atoms with Crippen molar-refractivity contribution >= 4 is 27.6 Å². The van der Waals surface area contributed by atoms with Crippen LogP contribution in [-0.4, -0.2) is 48.9 Å². The molecule has 0 fully saturated rings. The van der Waals surface area contributed by atoms with Crippen molar-refractivity contribution in [2.45, 2.75) is 25.3 Å². The lowest BCUT2D eigenvalue weighted by Crippen LogP contribution is -2.30. The number of rotatable bonds is 9. The Kier molecular flexibility index (Phi) is 7.68. The van der Waals surface area contributed by atoms with Crippen LogP contribution in [0.4, 0.5) is 5.69 Å². The molecule has 0 aliphatic carbocycles. The summed E-state index contributed by atoms with van der Waals surface area (Å²) in [5.41, 5.74) is 0.0116. The zero-order chi connectivity index (χ0) is 21.4. The van der Waals surface area contributed by atoms with Crippen LogP contribution >= 0.6 is 0 Å². The van der Waals surface area contributed by atoms with Gasteiger partial charge in [0.2, 0.25) is 10.0 Å². The van der Waals surface area contributed by atoms with E-state index in [1.807, 2.05) is 0 Å². The van der Waals surface area contributed by atoms with E-state index in [-0.39, 0.29) is 17.0 Å². The number of carbonyl (C=O) groups excluding carboxylic acids is 2. The fraction of sp³-hybridized carbons (Fsp3) is 0.316. The number of hydrogen-bond acceptors (Lipinski definition) is 6. The highest BCUT2D eigenvalue weighted by Gasteiger charge is 2.21. The van der Waals surface area contributed by atoms with Gasteiger partial charge in [-0.2, -0.15) is 4.31 Å². The minimum atomic E-state index is -3.58. The van der Waals surface area contributed by atoms with E-state index in [9.17, 15) is 22.8 Å². The zero-order valence-electron chi connectivity index (χ0n) is 16.2. The summed E-state index contributed by atoms with van der Waals surface area (Å²) in [6.07, 6.45) is 1.44. The average Bonchev–Trinajstić information content (AvgIpc) is 2.69. The lowest BCUT2D eigenvalue weighted by molar-refractivity contribution is -0.147. The van der Waals surface area contributed by atoms with Crippen LogP contribution in [0, 0.1) is 0 Å². The molecule has 0 aliphatic heterocycles. The van der Waals surface area contributed by atoms with Crippen LogP contribution in [0.5, 0.6) is 0 Å². The Balaban J connectivity index is 1.90. The van der Waals surface area contributed by atoms with E-state index in [1.165, 1.54) is 40.8 Å². The molecule has 0 aliphatic rings. The molecule has 1 heterocycles. The van der Waals surface area contributed by atoms with E-state index < -0.39 is 28.5 Å². The standard InChI is InChI=1S/C19H23N3O6S/c1-3-22(4-2)29(26,27)16-10-8-15(9-11-16)20-17(23)14-28-19(25)13-21-12-6-5-7-18(21)24/h5-12H,3-4,13-14H2,1-2H3,(H,20,23). The van der Waals surface area contributed by atoms with Crippen molar-refractivity contribution in [3.8, 4) is 0 Å². The second-order valence-corrected chi connectivity index (χ2v) is 7.93. The molecule has 9 nitrogen and oxygen atoms in total. The largest absolute Gasteiger partial charge is 0.454 e. The van der Waals surface area contributed by atoms with Gasteiger partial charge in [0.25, 0.3) is 11.5 Å². The predicted molar refractivity (Wildman–Crippen MR) is 107 cm³/mol. The number of hydrogen-bond donors (Lipinski definition) is 1. The van der Waals surface area contributed by atoms with Gasteiger partial charge >= 0.3 is 5.97 Å². The van der Waals surface area contributed by atoms with Crippen LogP contribution < -0.4 is 10.9 Å². The van der Waals surface area contributed by atoms with Gasteiger partial charge in [-0.1, -0.05) is 19.9 Å². The van der Waals surface area contributed by atoms with Crippen molar-refractivity contribution in [1.82, 2.24) is 8.87 Å². The lowest BCUT2D eigenvalue weighted by Gasteiger charge is -2.18. The van der Waals surface area contributed by atoms with Gasteiger partial charge in [0.15, 0.2) is 6.61 Å². The summed E-state index contributed by atoms with van der Waals surface area (Å²) in [5.74, 6) is -1.31. The first-order valence-electron chi connectivity index (χ1n) is 8.99. The van der Waals surface area contributed by atoms with Crippen LogP contribution in [0.15, 0.2) is 58.4 Å². The maximum Gasteiger partial charge on any atom is 0.326 e. The van der Waals surface area contributed by atoms with Gasteiger partial charge in [-0.15, -0.1) is 0 Å². The molecule has 0 unspecified atom stereocenters. The monoisotopic (exact) mass is 421 g/mol. The number of pyridine rings is 1. The molecule has 2 aromatic rings. The molecule has 0 saturated carbocycles. The van der Waals surface area contributed by atoms with Gasteiger partial charge in [-0.05, 0) is 30.3 Å². The normalized spacial score (nSPS) is 11.3. The summed E-state index contributed by atoms with van der Waals surface area (Å²) in [5, 5.41) is 2.52. The number of amides is 1. The fourth-order valence-corrected chi connectivity index (χ4v) is 4.00. The Morgan fingerprint density at radius 3 is 2.31 bits per heavy atom. The number of carbonyl (C=O) groups is 2. The van der Waals surface area contributed by atoms with Gasteiger partial charge in [0.1, 0.15) is 6.54 Å². The first-order valence-corrected chi connectivity index (χ1v) is 10.4. The third-order valence-corrected chi connectivity index (χ3v) is 6.11. The van der Waals surface area contributed by atoms with Gasteiger partial charge in [0.05, 0.1) is 4.90 Å². The molecule has 0 radical (unpaired) electrons. The minimum absolute atomic E-state index is 0.124. The van der Waals surface area contributed by atoms with E-state index in [0.29, 0.717) is 18.8 Å². The Bertz CT molecular complexity index is 1010. The molecule has 0 bridgehead atoms. The SMILES string of the molecule is CCN(CC)S(=O)(=O)c1ccc(NC(=O)COC(=O)Cn2ccccc2=O)cc1. The smallest absolute Gasteiger partial charge is 0.326 e. The Labute approximate surface area is 169 Å². The summed E-state index contributed by atoms with van der Waals surface area (Å²) in [7, 11) is -3.58. The van der Waals surface area contributed by atoms with Crippen LogP contribution in [-0.2, 0) is 30.9 Å². The van der Waals surface area contributed by atoms with Crippen molar-refractivity contribution < 1.29 is 22.7 Å². The third kappa shape index (κ3) is 6.00. The van der Waals surface area contributed by atoms with E-state index in [4.69, 9.17) is 4.74 Å². The summed E-state index contributed by atoms with van der Waals surface area (Å²) >= 11 is 0. The molecular weight excluding hydrogens is 398 g/mol. The zero-order valence-corrected chi connectivity index (χ0v) is 17.0. The summed E-state index contributed by atoms with van der Waals surface area (Å²) in [6, 6.07) is 10.2. The molecule has 0 spiro atoms.